The third-order valence-electron chi connectivity index (χ3n) is 5.93. The number of benzene rings is 1. The molecule has 1 aromatic carbocycles. The predicted octanol–water partition coefficient (Wildman–Crippen LogP) is 3.84. The fourth-order valence-corrected chi connectivity index (χ4v) is 4.39. The van der Waals surface area contributed by atoms with Gasteiger partial charge in [0.2, 0.25) is 0 Å². The van der Waals surface area contributed by atoms with Gasteiger partial charge >= 0.3 is 5.63 Å². The third-order valence-corrected chi connectivity index (χ3v) is 5.93. The van der Waals surface area contributed by atoms with E-state index < -0.39 is 0 Å². The Hall–Kier alpha value is -2.30. The van der Waals surface area contributed by atoms with Gasteiger partial charge in [-0.3, -0.25) is 4.79 Å². The minimum absolute atomic E-state index is 0.0189. The number of hydrogen-bond acceptors (Lipinski definition) is 4. The van der Waals surface area contributed by atoms with Gasteiger partial charge in [0.1, 0.15) is 11.3 Å². The number of fused-ring (bicyclic) bond motifs is 3. The summed E-state index contributed by atoms with van der Waals surface area (Å²) >= 11 is 0. The number of nitrogens with zero attached hydrogens (tertiary/aromatic N) is 1. The van der Waals surface area contributed by atoms with Gasteiger partial charge in [-0.05, 0) is 69.6 Å². The molecule has 1 aliphatic heterocycles. The van der Waals surface area contributed by atoms with Crippen LogP contribution < -0.4 is 10.4 Å². The monoisotopic (exact) mass is 369 g/mol. The van der Waals surface area contributed by atoms with Gasteiger partial charge in [0.15, 0.2) is 6.61 Å². The average molecular weight is 369 g/mol. The number of carbonyl (C=O) groups excluding carboxylic acids is 1. The van der Waals surface area contributed by atoms with Crippen LogP contribution in [0.5, 0.6) is 5.75 Å². The first-order valence-corrected chi connectivity index (χ1v) is 10.1. The fourth-order valence-electron chi connectivity index (χ4n) is 4.39. The van der Waals surface area contributed by atoms with Crippen LogP contribution in [0.3, 0.4) is 0 Å². The minimum atomic E-state index is -0.227. The van der Waals surface area contributed by atoms with E-state index in [1.165, 1.54) is 6.42 Å². The van der Waals surface area contributed by atoms with Crippen LogP contribution in [0.25, 0.3) is 11.0 Å². The van der Waals surface area contributed by atoms with Gasteiger partial charge < -0.3 is 14.1 Å². The van der Waals surface area contributed by atoms with E-state index in [4.69, 9.17) is 9.15 Å². The second-order valence-electron chi connectivity index (χ2n) is 7.79. The lowest BCUT2D eigenvalue weighted by molar-refractivity contribution is -0.136. The molecule has 0 unspecified atom stereocenters. The van der Waals surface area contributed by atoms with Crippen molar-refractivity contribution in [3.63, 3.8) is 0 Å². The summed E-state index contributed by atoms with van der Waals surface area (Å²) in [5, 5.41) is 0.995. The van der Waals surface area contributed by atoms with Crippen molar-refractivity contribution in [3.8, 4) is 5.75 Å². The molecule has 0 N–H and O–H groups in total. The zero-order chi connectivity index (χ0) is 18.8. The Morgan fingerprint density at radius 1 is 1.15 bits per heavy atom. The molecule has 2 aromatic rings. The highest BCUT2D eigenvalue weighted by molar-refractivity contribution is 5.83. The van der Waals surface area contributed by atoms with E-state index in [0.717, 1.165) is 68.0 Å². The largest absolute Gasteiger partial charge is 0.484 e. The van der Waals surface area contributed by atoms with Crippen LogP contribution >= 0.6 is 0 Å². The summed E-state index contributed by atoms with van der Waals surface area (Å²) in [6.07, 6.45) is 8.30. The van der Waals surface area contributed by atoms with Gasteiger partial charge in [-0.1, -0.05) is 6.42 Å². The number of piperidine rings is 1. The molecule has 0 saturated carbocycles. The number of hydrogen-bond donors (Lipinski definition) is 0. The van der Waals surface area contributed by atoms with Crippen molar-refractivity contribution in [3.05, 3.63) is 39.7 Å². The second kappa shape index (κ2) is 7.75. The van der Waals surface area contributed by atoms with Crippen molar-refractivity contribution in [1.29, 1.82) is 0 Å². The number of aryl methyl sites for hydroxylation is 1. The van der Waals surface area contributed by atoms with Gasteiger partial charge in [-0.25, -0.2) is 4.79 Å². The summed E-state index contributed by atoms with van der Waals surface area (Å²) in [5.74, 6) is 0.586. The number of ether oxygens (including phenoxy) is 1. The van der Waals surface area contributed by atoms with E-state index in [1.807, 2.05) is 17.0 Å². The van der Waals surface area contributed by atoms with E-state index in [1.54, 1.807) is 6.07 Å². The van der Waals surface area contributed by atoms with E-state index >= 15 is 0 Å². The Morgan fingerprint density at radius 3 is 2.78 bits per heavy atom. The van der Waals surface area contributed by atoms with Crippen molar-refractivity contribution in [1.82, 2.24) is 4.90 Å². The number of likely N-dealkylation sites (tertiary alicyclic amines) is 1. The van der Waals surface area contributed by atoms with Crippen molar-refractivity contribution >= 4 is 16.9 Å². The fraction of sp³-hybridized carbons (Fsp3) is 0.545. The standard InChI is InChI=1S/C22H27NO4/c1-15-7-5-6-12-23(15)21(24)14-26-16-10-11-18-17-8-3-2-4-9-19(17)22(25)27-20(18)13-16/h10-11,13,15H,2-9,12,14H2,1H3/t15-/m0/s1. The molecule has 1 atom stereocenters. The third kappa shape index (κ3) is 3.73. The second-order valence-corrected chi connectivity index (χ2v) is 7.79. The number of carbonyl (C=O) groups is 1. The lowest BCUT2D eigenvalue weighted by Gasteiger charge is -2.33. The van der Waals surface area contributed by atoms with Crippen LogP contribution in [0, 0.1) is 0 Å². The molecule has 1 amide bonds. The Bertz CT molecular complexity index is 901. The molecule has 1 fully saturated rings. The van der Waals surface area contributed by atoms with Crippen LogP contribution in [-0.2, 0) is 17.6 Å². The average Bonchev–Trinajstić information content (AvgIpc) is 2.93. The summed E-state index contributed by atoms with van der Waals surface area (Å²) in [6.45, 7) is 2.92. The van der Waals surface area contributed by atoms with Gasteiger partial charge in [-0.15, -0.1) is 0 Å². The number of rotatable bonds is 3. The van der Waals surface area contributed by atoms with E-state index in [0.29, 0.717) is 11.3 Å². The molecule has 5 heteroatoms. The Kier molecular flexibility index (Phi) is 5.19. The summed E-state index contributed by atoms with van der Waals surface area (Å²) < 4.78 is 11.3. The zero-order valence-electron chi connectivity index (χ0n) is 16.0. The highest BCUT2D eigenvalue weighted by Gasteiger charge is 2.23. The predicted molar refractivity (Wildman–Crippen MR) is 104 cm³/mol. The quantitative estimate of drug-likeness (QED) is 0.609. The molecule has 144 valence electrons. The summed E-state index contributed by atoms with van der Waals surface area (Å²) in [7, 11) is 0. The topological polar surface area (TPSA) is 59.8 Å². The SMILES string of the molecule is C[C@H]1CCCCN1C(=O)COc1ccc2c3c(c(=O)oc2c1)CCCCC3. The number of amides is 1. The molecular formula is C22H27NO4. The Labute approximate surface area is 159 Å². The Balaban J connectivity index is 1.53. The molecule has 2 heterocycles. The van der Waals surface area contributed by atoms with Crippen molar-refractivity contribution < 1.29 is 13.9 Å². The summed E-state index contributed by atoms with van der Waals surface area (Å²) in [4.78, 5) is 26.7. The van der Waals surface area contributed by atoms with Crippen molar-refractivity contribution in [2.24, 2.45) is 0 Å². The molecule has 5 nitrogen and oxygen atoms in total. The van der Waals surface area contributed by atoms with Gasteiger partial charge in [0, 0.05) is 29.6 Å². The van der Waals surface area contributed by atoms with Crippen LogP contribution in [0.15, 0.2) is 27.4 Å². The molecule has 0 spiro atoms. The van der Waals surface area contributed by atoms with Gasteiger partial charge in [-0.2, -0.15) is 0 Å². The van der Waals surface area contributed by atoms with E-state index in [2.05, 4.69) is 6.92 Å². The van der Waals surface area contributed by atoms with Crippen LogP contribution in [-0.4, -0.2) is 30.0 Å². The maximum absolute atomic E-state index is 12.5. The molecule has 2 aliphatic rings. The molecule has 0 radical (unpaired) electrons. The first-order valence-electron chi connectivity index (χ1n) is 10.1. The molecule has 1 aromatic heterocycles. The molecule has 1 saturated heterocycles. The molecule has 4 rings (SSSR count). The molecule has 0 bridgehead atoms. The maximum atomic E-state index is 12.5. The summed E-state index contributed by atoms with van der Waals surface area (Å²) in [6, 6.07) is 5.86. The van der Waals surface area contributed by atoms with Crippen molar-refractivity contribution in [2.75, 3.05) is 13.2 Å². The van der Waals surface area contributed by atoms with Crippen LogP contribution in [0.4, 0.5) is 0 Å². The Morgan fingerprint density at radius 2 is 1.96 bits per heavy atom. The van der Waals surface area contributed by atoms with Gasteiger partial charge in [0.05, 0.1) is 0 Å². The maximum Gasteiger partial charge on any atom is 0.339 e. The van der Waals surface area contributed by atoms with Crippen LogP contribution in [0.2, 0.25) is 0 Å². The van der Waals surface area contributed by atoms with Crippen LogP contribution in [0.1, 0.15) is 56.6 Å². The summed E-state index contributed by atoms with van der Waals surface area (Å²) in [5.41, 5.74) is 2.29. The lowest BCUT2D eigenvalue weighted by atomic mass is 10.0. The molecule has 27 heavy (non-hydrogen) atoms. The smallest absolute Gasteiger partial charge is 0.339 e. The normalized spacial score (nSPS) is 20.2. The van der Waals surface area contributed by atoms with E-state index in [-0.39, 0.29) is 24.2 Å². The first-order chi connectivity index (χ1) is 13.1. The van der Waals surface area contributed by atoms with Gasteiger partial charge in [0.25, 0.3) is 5.91 Å². The van der Waals surface area contributed by atoms with E-state index in [9.17, 15) is 9.59 Å². The molecule has 1 aliphatic carbocycles. The zero-order valence-corrected chi connectivity index (χ0v) is 16.0. The van der Waals surface area contributed by atoms with Crippen molar-refractivity contribution in [2.45, 2.75) is 64.3 Å². The highest BCUT2D eigenvalue weighted by atomic mass is 16.5. The molecular weight excluding hydrogens is 342 g/mol. The highest BCUT2D eigenvalue weighted by Crippen LogP contribution is 2.28. The lowest BCUT2D eigenvalue weighted by Crippen LogP contribution is -2.44. The first kappa shape index (κ1) is 18.1. The minimum Gasteiger partial charge on any atom is -0.484 e.